The second-order valence-electron chi connectivity index (χ2n) is 8.54. The lowest BCUT2D eigenvalue weighted by molar-refractivity contribution is 0.0620. The highest BCUT2D eigenvalue weighted by molar-refractivity contribution is 6.30. The first-order valence-corrected chi connectivity index (χ1v) is 11.6. The average molecular weight is 469 g/mol. The number of benzene rings is 2. The number of fused-ring (bicyclic) bond motifs is 1. The van der Waals surface area contributed by atoms with E-state index in [-0.39, 0.29) is 11.7 Å². The maximum atomic E-state index is 13.4. The Kier molecular flexibility index (Phi) is 6.08. The number of hydrogen-bond donors (Lipinski definition) is 0. The highest BCUT2D eigenvalue weighted by Gasteiger charge is 2.31. The third-order valence-corrected chi connectivity index (χ3v) is 6.73. The molecule has 33 heavy (non-hydrogen) atoms. The van der Waals surface area contributed by atoms with Crippen molar-refractivity contribution in [2.24, 2.45) is 0 Å². The van der Waals surface area contributed by atoms with Gasteiger partial charge in [-0.1, -0.05) is 11.6 Å². The number of halogens is 2. The Bertz CT molecular complexity index is 1170. The van der Waals surface area contributed by atoms with Gasteiger partial charge in [0.25, 0.3) is 5.91 Å². The molecule has 1 fully saturated rings. The van der Waals surface area contributed by atoms with Crippen molar-refractivity contribution in [2.45, 2.75) is 25.8 Å². The number of hydrogen-bond acceptors (Lipinski definition) is 4. The molecule has 0 unspecified atom stereocenters. The van der Waals surface area contributed by atoms with Gasteiger partial charge in [0.1, 0.15) is 11.6 Å². The summed E-state index contributed by atoms with van der Waals surface area (Å²) in [7, 11) is 1.66. The molecule has 5 rings (SSSR count). The van der Waals surface area contributed by atoms with E-state index in [4.69, 9.17) is 16.3 Å². The molecule has 2 aromatic carbocycles. The molecule has 2 aliphatic rings. The molecule has 0 radical (unpaired) electrons. The third kappa shape index (κ3) is 4.35. The van der Waals surface area contributed by atoms with Crippen LogP contribution in [0.3, 0.4) is 0 Å². The van der Waals surface area contributed by atoms with Crippen LogP contribution in [0.5, 0.6) is 5.75 Å². The molecule has 8 heteroatoms. The van der Waals surface area contributed by atoms with E-state index < -0.39 is 0 Å². The summed E-state index contributed by atoms with van der Waals surface area (Å²) in [4.78, 5) is 17.6. The molecule has 3 aromatic rings. The van der Waals surface area contributed by atoms with Gasteiger partial charge in [-0.25, -0.2) is 9.07 Å². The fraction of sp³-hybridized carbons (Fsp3) is 0.360. The van der Waals surface area contributed by atoms with Gasteiger partial charge in [0.2, 0.25) is 0 Å². The van der Waals surface area contributed by atoms with E-state index in [2.05, 4.69) is 10.00 Å². The summed E-state index contributed by atoms with van der Waals surface area (Å²) in [5.74, 6) is 0.515. The number of nitrogens with zero attached hydrogens (tertiary/aromatic N) is 4. The second kappa shape index (κ2) is 9.15. The molecule has 0 bridgehead atoms. The Morgan fingerprint density at radius 1 is 1.09 bits per heavy atom. The standard InChI is InChI=1S/C25H26ClFN4O2/c1-33-23-10-5-18(26)15-17(23)16-29-11-13-30(14-12-29)25(32)24-21-3-2-4-22(21)31(28-24)20-8-6-19(27)7-9-20/h5-10,15H,2-4,11-14,16H2,1H3. The first-order chi connectivity index (χ1) is 16.0. The van der Waals surface area contributed by atoms with Crippen molar-refractivity contribution in [1.29, 1.82) is 0 Å². The van der Waals surface area contributed by atoms with E-state index in [0.717, 1.165) is 67.2 Å². The van der Waals surface area contributed by atoms with Gasteiger partial charge in [-0.05, 0) is 61.7 Å². The maximum absolute atomic E-state index is 13.4. The number of aromatic nitrogens is 2. The Morgan fingerprint density at radius 2 is 1.85 bits per heavy atom. The van der Waals surface area contributed by atoms with Crippen LogP contribution >= 0.6 is 11.6 Å². The van der Waals surface area contributed by atoms with Gasteiger partial charge in [0, 0.05) is 54.6 Å². The predicted octanol–water partition coefficient (Wildman–Crippen LogP) is 4.12. The lowest BCUT2D eigenvalue weighted by Crippen LogP contribution is -2.48. The van der Waals surface area contributed by atoms with Gasteiger partial charge < -0.3 is 9.64 Å². The zero-order valence-corrected chi connectivity index (χ0v) is 19.3. The van der Waals surface area contributed by atoms with Crippen LogP contribution in [0, 0.1) is 5.82 Å². The van der Waals surface area contributed by atoms with Crippen LogP contribution in [0.15, 0.2) is 42.5 Å². The summed E-state index contributed by atoms with van der Waals surface area (Å²) in [6.07, 6.45) is 2.73. The molecule has 1 amide bonds. The second-order valence-corrected chi connectivity index (χ2v) is 8.98. The highest BCUT2D eigenvalue weighted by Crippen LogP contribution is 2.29. The van der Waals surface area contributed by atoms with Gasteiger partial charge in [-0.2, -0.15) is 5.10 Å². The quantitative estimate of drug-likeness (QED) is 0.565. The Morgan fingerprint density at radius 3 is 2.58 bits per heavy atom. The summed E-state index contributed by atoms with van der Waals surface area (Å²) < 4.78 is 20.7. The van der Waals surface area contributed by atoms with Crippen molar-refractivity contribution in [3.63, 3.8) is 0 Å². The molecule has 0 spiro atoms. The summed E-state index contributed by atoms with van der Waals surface area (Å²) in [5, 5.41) is 5.37. The first-order valence-electron chi connectivity index (χ1n) is 11.2. The first kappa shape index (κ1) is 21.9. The van der Waals surface area contributed by atoms with Gasteiger partial charge in [0.15, 0.2) is 5.69 Å². The minimum absolute atomic E-state index is 0.0194. The zero-order chi connectivity index (χ0) is 22.9. The van der Waals surface area contributed by atoms with E-state index >= 15 is 0 Å². The van der Waals surface area contributed by atoms with Crippen molar-refractivity contribution in [3.8, 4) is 11.4 Å². The molecule has 172 valence electrons. The molecule has 0 saturated carbocycles. The maximum Gasteiger partial charge on any atom is 0.274 e. The molecule has 2 heterocycles. The highest BCUT2D eigenvalue weighted by atomic mass is 35.5. The number of piperazine rings is 1. The molecule has 0 N–H and O–H groups in total. The van der Waals surface area contributed by atoms with Gasteiger partial charge in [0.05, 0.1) is 12.8 Å². The smallest absolute Gasteiger partial charge is 0.274 e. The van der Waals surface area contributed by atoms with Crippen molar-refractivity contribution >= 4 is 17.5 Å². The minimum Gasteiger partial charge on any atom is -0.496 e. The monoisotopic (exact) mass is 468 g/mol. The lowest BCUT2D eigenvalue weighted by atomic mass is 10.1. The van der Waals surface area contributed by atoms with E-state index in [1.54, 1.807) is 19.2 Å². The van der Waals surface area contributed by atoms with E-state index in [1.807, 2.05) is 27.8 Å². The minimum atomic E-state index is -0.285. The van der Waals surface area contributed by atoms with Crippen LogP contribution < -0.4 is 4.74 Å². The van der Waals surface area contributed by atoms with Gasteiger partial charge >= 0.3 is 0 Å². The largest absolute Gasteiger partial charge is 0.496 e. The molecule has 1 aromatic heterocycles. The summed E-state index contributed by atoms with van der Waals surface area (Å²) >= 11 is 6.17. The Labute approximate surface area is 197 Å². The van der Waals surface area contributed by atoms with Crippen molar-refractivity contribution in [1.82, 2.24) is 19.6 Å². The summed E-state index contributed by atoms with van der Waals surface area (Å²) in [5.41, 5.74) is 4.47. The lowest BCUT2D eigenvalue weighted by Gasteiger charge is -2.34. The normalized spacial score (nSPS) is 16.2. The van der Waals surface area contributed by atoms with Crippen LogP contribution in [0.4, 0.5) is 4.39 Å². The van der Waals surface area contributed by atoms with Crippen LogP contribution in [-0.4, -0.2) is 58.8 Å². The number of ether oxygens (including phenoxy) is 1. The number of methoxy groups -OCH3 is 1. The van der Waals surface area contributed by atoms with Gasteiger partial charge in [-0.15, -0.1) is 0 Å². The van der Waals surface area contributed by atoms with Gasteiger partial charge in [-0.3, -0.25) is 9.69 Å². The Hall–Kier alpha value is -2.90. The van der Waals surface area contributed by atoms with E-state index in [9.17, 15) is 9.18 Å². The SMILES string of the molecule is COc1ccc(Cl)cc1CN1CCN(C(=O)c2nn(-c3ccc(F)cc3)c3c2CCC3)CC1. The molecule has 6 nitrogen and oxygen atoms in total. The van der Waals surface area contributed by atoms with Crippen molar-refractivity contribution < 1.29 is 13.9 Å². The molecule has 0 atom stereocenters. The third-order valence-electron chi connectivity index (χ3n) is 6.50. The van der Waals surface area contributed by atoms with Crippen LogP contribution in [0.2, 0.25) is 5.02 Å². The molecular weight excluding hydrogens is 443 g/mol. The number of carbonyl (C=O) groups is 1. The van der Waals surface area contributed by atoms with E-state index in [0.29, 0.717) is 23.8 Å². The fourth-order valence-corrected chi connectivity index (χ4v) is 4.97. The summed E-state index contributed by atoms with van der Waals surface area (Å²) in [6, 6.07) is 11.9. The molecular formula is C25H26ClFN4O2. The van der Waals surface area contributed by atoms with Crippen LogP contribution in [0.1, 0.15) is 33.7 Å². The number of rotatable bonds is 5. The fourth-order valence-electron chi connectivity index (χ4n) is 4.78. The predicted molar refractivity (Wildman–Crippen MR) is 125 cm³/mol. The number of amides is 1. The van der Waals surface area contributed by atoms with Crippen molar-refractivity contribution in [3.05, 3.63) is 75.8 Å². The van der Waals surface area contributed by atoms with Crippen molar-refractivity contribution in [2.75, 3.05) is 33.3 Å². The van der Waals surface area contributed by atoms with Crippen LogP contribution in [0.25, 0.3) is 5.69 Å². The average Bonchev–Trinajstić information content (AvgIpc) is 3.43. The topological polar surface area (TPSA) is 50.6 Å². The molecule has 1 saturated heterocycles. The molecule has 1 aliphatic carbocycles. The summed E-state index contributed by atoms with van der Waals surface area (Å²) in [6.45, 7) is 3.53. The molecule has 1 aliphatic heterocycles. The zero-order valence-electron chi connectivity index (χ0n) is 18.6. The Balaban J connectivity index is 1.29. The number of carbonyl (C=O) groups excluding carboxylic acids is 1. The van der Waals surface area contributed by atoms with Crippen LogP contribution in [-0.2, 0) is 19.4 Å². The van der Waals surface area contributed by atoms with E-state index in [1.165, 1.54) is 12.1 Å².